The highest BCUT2D eigenvalue weighted by Crippen LogP contribution is 2.40. The van der Waals surface area contributed by atoms with E-state index in [2.05, 4.69) is 10.1 Å². The van der Waals surface area contributed by atoms with Crippen LogP contribution in [-0.4, -0.2) is 49.3 Å². The minimum atomic E-state index is -1.44. The van der Waals surface area contributed by atoms with Gasteiger partial charge in [0.1, 0.15) is 42.4 Å². The molecule has 1 aliphatic heterocycles. The topological polar surface area (TPSA) is 106 Å². The first-order chi connectivity index (χ1) is 9.48. The van der Waals surface area contributed by atoms with E-state index >= 15 is 0 Å². The summed E-state index contributed by atoms with van der Waals surface area (Å²) in [5.74, 6) is 0.285. The smallest absolute Gasteiger partial charge is 0.151 e. The molecule has 108 valence electrons. The molecule has 0 radical (unpaired) electrons. The van der Waals surface area contributed by atoms with Crippen LogP contribution in [0.5, 0.6) is 0 Å². The minimum absolute atomic E-state index is 0.285. The van der Waals surface area contributed by atoms with Crippen molar-refractivity contribution >= 4 is 11.3 Å². The average Bonchev–Trinajstić information content (AvgIpc) is 2.96. The molecule has 20 heavy (non-hydrogen) atoms. The molecule has 3 heterocycles. The van der Waals surface area contributed by atoms with Crippen molar-refractivity contribution in [1.29, 1.82) is 0 Å². The lowest BCUT2D eigenvalue weighted by Crippen LogP contribution is -2.42. The first-order valence-corrected chi connectivity index (χ1v) is 6.16. The third-order valence-corrected chi connectivity index (χ3v) is 3.72. The molecule has 3 rings (SSSR count). The van der Waals surface area contributed by atoms with Crippen LogP contribution >= 0.6 is 0 Å². The van der Waals surface area contributed by atoms with Crippen molar-refractivity contribution < 1.29 is 19.3 Å². The second-order valence-electron chi connectivity index (χ2n) is 5.12. The zero-order valence-electron chi connectivity index (χ0n) is 10.8. The summed E-state index contributed by atoms with van der Waals surface area (Å²) < 4.78 is 20.0. The molecule has 1 fully saturated rings. The quantitative estimate of drug-likeness (QED) is 0.706. The molecule has 4 N–H and O–H groups in total. The van der Waals surface area contributed by atoms with Crippen molar-refractivity contribution in [2.24, 2.45) is 0 Å². The van der Waals surface area contributed by atoms with Crippen LogP contribution in [0.2, 0.25) is 0 Å². The zero-order chi connectivity index (χ0) is 14.5. The number of aromatic nitrogens is 3. The maximum Gasteiger partial charge on any atom is 0.151 e. The molecule has 1 aliphatic rings. The summed E-state index contributed by atoms with van der Waals surface area (Å²) in [5.41, 5.74) is 5.33. The van der Waals surface area contributed by atoms with Crippen molar-refractivity contribution in [1.82, 2.24) is 14.6 Å². The summed E-state index contributed by atoms with van der Waals surface area (Å²) in [4.78, 5) is 3.86. The van der Waals surface area contributed by atoms with E-state index in [0.29, 0.717) is 11.2 Å². The van der Waals surface area contributed by atoms with E-state index in [1.807, 2.05) is 0 Å². The molecule has 0 unspecified atom stereocenters. The van der Waals surface area contributed by atoms with Gasteiger partial charge >= 0.3 is 0 Å². The molecule has 0 aliphatic carbocycles. The van der Waals surface area contributed by atoms with Crippen LogP contribution in [0, 0.1) is 0 Å². The van der Waals surface area contributed by atoms with Gasteiger partial charge in [0.25, 0.3) is 0 Å². The molecular weight excluding hydrogens is 267 g/mol. The Morgan fingerprint density at radius 2 is 2.25 bits per heavy atom. The van der Waals surface area contributed by atoms with Gasteiger partial charge in [0, 0.05) is 0 Å². The Morgan fingerprint density at radius 1 is 1.50 bits per heavy atom. The largest absolute Gasteiger partial charge is 0.387 e. The number of hydrogen-bond acceptors (Lipinski definition) is 6. The number of aliphatic hydroxyl groups excluding tert-OH is 2. The Kier molecular flexibility index (Phi) is 2.89. The molecule has 0 saturated carbocycles. The molecule has 0 spiro atoms. The monoisotopic (exact) mass is 282 g/mol. The fourth-order valence-corrected chi connectivity index (χ4v) is 2.49. The van der Waals surface area contributed by atoms with E-state index in [-0.39, 0.29) is 5.82 Å². The molecule has 7 nitrogen and oxygen atoms in total. The van der Waals surface area contributed by atoms with Crippen LogP contribution in [-0.2, 0) is 4.74 Å². The zero-order valence-corrected chi connectivity index (χ0v) is 10.8. The number of fused-ring (bicyclic) bond motifs is 1. The molecule has 0 amide bonds. The predicted molar refractivity (Wildman–Crippen MR) is 67.6 cm³/mol. The standard InChI is InChI=1S/C12H15FN4O3/c1-12(4-13)10(19)8(18)9(20-12)6-2-3-7-11(14)15-5-16-17(6)7/h2-3,5,8-10,18-19H,4H2,1H3,(H2,14,15,16)/t8-,9-,10-,12-/m0/s1. The van der Waals surface area contributed by atoms with E-state index in [4.69, 9.17) is 10.5 Å². The fourth-order valence-electron chi connectivity index (χ4n) is 2.49. The van der Waals surface area contributed by atoms with E-state index in [9.17, 15) is 14.6 Å². The van der Waals surface area contributed by atoms with Gasteiger partial charge in [0.15, 0.2) is 5.82 Å². The van der Waals surface area contributed by atoms with Crippen LogP contribution < -0.4 is 5.73 Å². The number of nitrogens with two attached hydrogens (primary N) is 1. The molecule has 4 atom stereocenters. The average molecular weight is 282 g/mol. The minimum Gasteiger partial charge on any atom is -0.387 e. The SMILES string of the molecule is C[C@@]1(CF)O[C@@H](c2ccc3c(N)ncnn23)[C@H](O)[C@@H]1O. The highest BCUT2D eigenvalue weighted by Gasteiger charge is 2.52. The third kappa shape index (κ3) is 1.69. The molecule has 2 aromatic rings. The van der Waals surface area contributed by atoms with Crippen molar-refractivity contribution in [3.63, 3.8) is 0 Å². The van der Waals surface area contributed by atoms with Crippen molar-refractivity contribution in [2.75, 3.05) is 12.4 Å². The summed E-state index contributed by atoms with van der Waals surface area (Å²) in [7, 11) is 0. The third-order valence-electron chi connectivity index (χ3n) is 3.72. The second-order valence-corrected chi connectivity index (χ2v) is 5.12. The van der Waals surface area contributed by atoms with E-state index in [0.717, 1.165) is 0 Å². The van der Waals surface area contributed by atoms with E-state index in [1.165, 1.54) is 17.8 Å². The summed E-state index contributed by atoms with van der Waals surface area (Å²) >= 11 is 0. The van der Waals surface area contributed by atoms with Crippen LogP contribution in [0.15, 0.2) is 18.5 Å². The summed E-state index contributed by atoms with van der Waals surface area (Å²) in [6, 6.07) is 3.34. The maximum absolute atomic E-state index is 13.1. The number of aliphatic hydroxyl groups is 2. The van der Waals surface area contributed by atoms with Gasteiger partial charge in [-0.25, -0.2) is 13.9 Å². The van der Waals surface area contributed by atoms with Gasteiger partial charge in [-0.1, -0.05) is 0 Å². The Morgan fingerprint density at radius 3 is 2.90 bits per heavy atom. The number of nitrogen functional groups attached to an aromatic ring is 1. The van der Waals surface area contributed by atoms with E-state index < -0.39 is 30.6 Å². The van der Waals surface area contributed by atoms with Crippen LogP contribution in [0.4, 0.5) is 10.2 Å². The molecule has 8 heteroatoms. The van der Waals surface area contributed by atoms with Gasteiger partial charge in [-0.15, -0.1) is 0 Å². The Balaban J connectivity index is 2.06. The number of rotatable bonds is 2. The summed E-state index contributed by atoms with van der Waals surface area (Å²) in [5, 5.41) is 24.1. The fraction of sp³-hybridized carbons (Fsp3) is 0.500. The highest BCUT2D eigenvalue weighted by atomic mass is 19.1. The van der Waals surface area contributed by atoms with Gasteiger partial charge in [0.2, 0.25) is 0 Å². The highest BCUT2D eigenvalue weighted by molar-refractivity contribution is 5.65. The normalized spacial score (nSPS) is 33.9. The summed E-state index contributed by atoms with van der Waals surface area (Å²) in [6.45, 7) is 0.516. The Bertz CT molecular complexity index is 649. The number of nitrogens with zero attached hydrogens (tertiary/aromatic N) is 3. The number of ether oxygens (including phenoxy) is 1. The van der Waals surface area contributed by atoms with Gasteiger partial charge in [0.05, 0.1) is 5.69 Å². The predicted octanol–water partition coefficient (Wildman–Crippen LogP) is -0.167. The van der Waals surface area contributed by atoms with Crippen LogP contribution in [0.1, 0.15) is 18.7 Å². The number of halogens is 1. The molecule has 2 aromatic heterocycles. The van der Waals surface area contributed by atoms with Gasteiger partial charge in [-0.3, -0.25) is 0 Å². The lowest BCUT2D eigenvalue weighted by Gasteiger charge is -2.23. The summed E-state index contributed by atoms with van der Waals surface area (Å²) in [6.07, 6.45) is -2.17. The van der Waals surface area contributed by atoms with Crippen molar-refractivity contribution in [3.8, 4) is 0 Å². The van der Waals surface area contributed by atoms with Gasteiger partial charge < -0.3 is 20.7 Å². The van der Waals surface area contributed by atoms with Crippen molar-refractivity contribution in [2.45, 2.75) is 30.8 Å². The lowest BCUT2D eigenvalue weighted by atomic mass is 9.97. The van der Waals surface area contributed by atoms with E-state index in [1.54, 1.807) is 12.1 Å². The first kappa shape index (κ1) is 13.2. The van der Waals surface area contributed by atoms with Gasteiger partial charge in [-0.05, 0) is 19.1 Å². The molecule has 0 aromatic carbocycles. The van der Waals surface area contributed by atoms with Crippen LogP contribution in [0.25, 0.3) is 5.52 Å². The maximum atomic E-state index is 13.1. The molecule has 0 bridgehead atoms. The Hall–Kier alpha value is -1.77. The lowest BCUT2D eigenvalue weighted by molar-refractivity contribution is -0.0843. The van der Waals surface area contributed by atoms with Crippen LogP contribution in [0.3, 0.4) is 0 Å². The molecule has 1 saturated heterocycles. The van der Waals surface area contributed by atoms with Gasteiger partial charge in [-0.2, -0.15) is 5.10 Å². The second kappa shape index (κ2) is 4.37. The number of hydrogen-bond donors (Lipinski definition) is 3. The molecular formula is C12H15FN4O3. The first-order valence-electron chi connectivity index (χ1n) is 6.16. The number of anilines is 1. The van der Waals surface area contributed by atoms with Crippen molar-refractivity contribution in [3.05, 3.63) is 24.2 Å². The Labute approximate surface area is 113 Å². The number of alkyl halides is 1.